The minimum Gasteiger partial charge on any atom is -0.385 e. The van der Waals surface area contributed by atoms with Gasteiger partial charge in [0.1, 0.15) is 5.83 Å². The Labute approximate surface area is 186 Å². The maximum atomic E-state index is 13.9. The minimum atomic E-state index is -0.155. The molecule has 0 spiro atoms. The van der Waals surface area contributed by atoms with E-state index in [1.807, 2.05) is 12.2 Å². The van der Waals surface area contributed by atoms with Crippen LogP contribution in [0.3, 0.4) is 0 Å². The standard InChI is InChI=1S/C27H34FN3/c1-21(30-24-16-15-22-8-6-18-29-27(22)20-24)14-17-26-13-5-9-23(28)10-7-19-31(26)25-11-3-2-4-12-25/h7,9-10,13-17,20,25,29-30H,1-6,8,11-12,18-19H2/b10-7-,17-14+,23-9+,26-13-. The van der Waals surface area contributed by atoms with Crippen molar-refractivity contribution in [1.29, 1.82) is 0 Å². The lowest BCUT2D eigenvalue weighted by atomic mass is 9.93. The molecule has 0 unspecified atom stereocenters. The van der Waals surface area contributed by atoms with Crippen LogP contribution in [0.2, 0.25) is 0 Å². The van der Waals surface area contributed by atoms with Crippen molar-refractivity contribution < 1.29 is 4.39 Å². The van der Waals surface area contributed by atoms with Crippen LogP contribution in [0.5, 0.6) is 0 Å². The highest BCUT2D eigenvalue weighted by molar-refractivity contribution is 5.64. The minimum absolute atomic E-state index is 0.155. The molecule has 0 amide bonds. The number of allylic oxidation sites excluding steroid dienone is 6. The van der Waals surface area contributed by atoms with E-state index in [0.29, 0.717) is 12.5 Å². The van der Waals surface area contributed by atoms with Crippen LogP contribution < -0.4 is 10.6 Å². The average molecular weight is 420 g/mol. The third kappa shape index (κ3) is 5.90. The van der Waals surface area contributed by atoms with Gasteiger partial charge in [0.05, 0.1) is 0 Å². The Balaban J connectivity index is 1.47. The van der Waals surface area contributed by atoms with Gasteiger partial charge < -0.3 is 15.5 Å². The molecule has 4 heteroatoms. The second kappa shape index (κ2) is 10.5. The van der Waals surface area contributed by atoms with E-state index < -0.39 is 0 Å². The molecule has 1 saturated carbocycles. The van der Waals surface area contributed by atoms with Crippen LogP contribution in [-0.4, -0.2) is 24.0 Å². The van der Waals surface area contributed by atoms with Gasteiger partial charge in [-0.25, -0.2) is 4.39 Å². The van der Waals surface area contributed by atoms with E-state index >= 15 is 0 Å². The number of rotatable bonds is 5. The molecule has 164 valence electrons. The van der Waals surface area contributed by atoms with E-state index in [2.05, 4.69) is 52.5 Å². The fourth-order valence-electron chi connectivity index (χ4n) is 4.73. The second-order valence-corrected chi connectivity index (χ2v) is 8.69. The first-order valence-electron chi connectivity index (χ1n) is 11.7. The average Bonchev–Trinajstić information content (AvgIpc) is 2.88. The van der Waals surface area contributed by atoms with Crippen molar-refractivity contribution >= 4 is 11.4 Å². The van der Waals surface area contributed by atoms with E-state index in [-0.39, 0.29) is 5.83 Å². The first kappa shape index (κ1) is 21.5. The summed E-state index contributed by atoms with van der Waals surface area (Å²) in [7, 11) is 0. The van der Waals surface area contributed by atoms with Crippen LogP contribution in [-0.2, 0) is 6.42 Å². The second-order valence-electron chi connectivity index (χ2n) is 8.69. The van der Waals surface area contributed by atoms with E-state index in [1.165, 1.54) is 49.8 Å². The highest BCUT2D eigenvalue weighted by atomic mass is 19.1. The summed E-state index contributed by atoms with van der Waals surface area (Å²) in [4.78, 5) is 2.44. The van der Waals surface area contributed by atoms with Gasteiger partial charge in [0, 0.05) is 41.9 Å². The molecule has 1 aliphatic carbocycles. The monoisotopic (exact) mass is 419 g/mol. The van der Waals surface area contributed by atoms with Gasteiger partial charge >= 0.3 is 0 Å². The van der Waals surface area contributed by atoms with Gasteiger partial charge in [-0.3, -0.25) is 0 Å². The number of halogens is 1. The SMILES string of the molecule is C=C(/C=C/C1=C/C/C=C(F)\C=C/CN1C1CCCCC1)Nc1ccc2c(c1)NCCC2. The summed E-state index contributed by atoms with van der Waals surface area (Å²) in [6, 6.07) is 7.00. The molecule has 31 heavy (non-hydrogen) atoms. The van der Waals surface area contributed by atoms with Crippen LogP contribution in [0, 0.1) is 0 Å². The lowest BCUT2D eigenvalue weighted by molar-refractivity contribution is 0.222. The molecular formula is C27H34FN3. The Bertz CT molecular complexity index is 903. The summed E-state index contributed by atoms with van der Waals surface area (Å²) >= 11 is 0. The summed E-state index contributed by atoms with van der Waals surface area (Å²) in [5.74, 6) is -0.155. The van der Waals surface area contributed by atoms with Crippen LogP contribution in [0.4, 0.5) is 15.8 Å². The Morgan fingerprint density at radius 2 is 2.03 bits per heavy atom. The number of nitrogens with zero attached hydrogens (tertiary/aromatic N) is 1. The van der Waals surface area contributed by atoms with Crippen molar-refractivity contribution in [2.45, 2.75) is 57.4 Å². The first-order valence-corrected chi connectivity index (χ1v) is 11.7. The Morgan fingerprint density at radius 1 is 1.16 bits per heavy atom. The molecule has 0 atom stereocenters. The molecule has 0 bridgehead atoms. The molecule has 2 N–H and O–H groups in total. The zero-order valence-electron chi connectivity index (χ0n) is 18.4. The van der Waals surface area contributed by atoms with Crippen molar-refractivity contribution in [3.63, 3.8) is 0 Å². The summed E-state index contributed by atoms with van der Waals surface area (Å²) in [5, 5.41) is 6.90. The van der Waals surface area contributed by atoms with Gasteiger partial charge in [0.25, 0.3) is 0 Å². The molecule has 0 aromatic heterocycles. The third-order valence-corrected chi connectivity index (χ3v) is 6.37. The summed E-state index contributed by atoms with van der Waals surface area (Å²) < 4.78 is 13.9. The maximum absolute atomic E-state index is 13.9. The number of nitrogens with one attached hydrogen (secondary N) is 2. The number of hydrogen-bond acceptors (Lipinski definition) is 3. The van der Waals surface area contributed by atoms with Gasteiger partial charge in [-0.05, 0) is 74.1 Å². The van der Waals surface area contributed by atoms with Crippen molar-refractivity contribution in [3.8, 4) is 0 Å². The molecule has 1 fully saturated rings. The van der Waals surface area contributed by atoms with Crippen LogP contribution >= 0.6 is 0 Å². The van der Waals surface area contributed by atoms with Crippen LogP contribution in [0.25, 0.3) is 0 Å². The largest absolute Gasteiger partial charge is 0.385 e. The molecular weight excluding hydrogens is 385 g/mol. The highest BCUT2D eigenvalue weighted by Gasteiger charge is 2.21. The van der Waals surface area contributed by atoms with Gasteiger partial charge in [-0.15, -0.1) is 0 Å². The number of anilines is 2. The summed E-state index contributed by atoms with van der Waals surface area (Å²) in [6.45, 7) is 5.97. The van der Waals surface area contributed by atoms with Gasteiger partial charge in [-0.1, -0.05) is 44.1 Å². The molecule has 1 aromatic carbocycles. The van der Waals surface area contributed by atoms with Crippen LogP contribution in [0.15, 0.2) is 78.5 Å². The zero-order valence-corrected chi connectivity index (χ0v) is 18.4. The number of benzene rings is 1. The fourth-order valence-corrected chi connectivity index (χ4v) is 4.73. The van der Waals surface area contributed by atoms with E-state index in [0.717, 1.165) is 36.6 Å². The quantitative estimate of drug-likeness (QED) is 0.511. The Hall–Kier alpha value is -2.75. The third-order valence-electron chi connectivity index (χ3n) is 6.37. The van der Waals surface area contributed by atoms with Crippen LogP contribution in [0.1, 0.15) is 50.5 Å². The van der Waals surface area contributed by atoms with Gasteiger partial charge in [0.2, 0.25) is 0 Å². The Morgan fingerprint density at radius 3 is 2.90 bits per heavy atom. The molecule has 3 aliphatic rings. The van der Waals surface area contributed by atoms with Crippen molar-refractivity contribution in [1.82, 2.24) is 4.90 Å². The molecule has 1 aromatic rings. The van der Waals surface area contributed by atoms with Gasteiger partial charge in [0.15, 0.2) is 0 Å². The predicted molar refractivity (Wildman–Crippen MR) is 130 cm³/mol. The highest BCUT2D eigenvalue weighted by Crippen LogP contribution is 2.28. The molecule has 0 saturated heterocycles. The first-order chi connectivity index (χ1) is 15.2. The normalized spacial score (nSPS) is 24.5. The Kier molecular flexibility index (Phi) is 7.29. The molecule has 2 heterocycles. The lowest BCUT2D eigenvalue weighted by Gasteiger charge is -2.36. The molecule has 4 rings (SSSR count). The maximum Gasteiger partial charge on any atom is 0.119 e. The molecule has 3 nitrogen and oxygen atoms in total. The van der Waals surface area contributed by atoms with Gasteiger partial charge in [-0.2, -0.15) is 0 Å². The topological polar surface area (TPSA) is 27.3 Å². The van der Waals surface area contributed by atoms with E-state index in [4.69, 9.17) is 0 Å². The van der Waals surface area contributed by atoms with E-state index in [1.54, 1.807) is 12.2 Å². The summed E-state index contributed by atoms with van der Waals surface area (Å²) in [6.07, 6.45) is 20.7. The van der Waals surface area contributed by atoms with Crippen molar-refractivity contribution in [3.05, 3.63) is 84.0 Å². The zero-order chi connectivity index (χ0) is 21.5. The van der Waals surface area contributed by atoms with Crippen molar-refractivity contribution in [2.75, 3.05) is 23.7 Å². The molecule has 0 radical (unpaired) electrons. The van der Waals surface area contributed by atoms with E-state index in [9.17, 15) is 4.39 Å². The predicted octanol–water partition coefficient (Wildman–Crippen LogP) is 6.86. The molecule has 2 aliphatic heterocycles. The smallest absolute Gasteiger partial charge is 0.119 e. The van der Waals surface area contributed by atoms with Crippen molar-refractivity contribution in [2.24, 2.45) is 0 Å². The lowest BCUT2D eigenvalue weighted by Crippen LogP contribution is -2.35. The number of aryl methyl sites for hydroxylation is 1. The number of hydrogen-bond donors (Lipinski definition) is 2. The summed E-state index contributed by atoms with van der Waals surface area (Å²) in [5.41, 5.74) is 5.64. The fraction of sp³-hybridized carbons (Fsp3) is 0.407. The number of fused-ring (bicyclic) bond motifs is 1.